The lowest BCUT2D eigenvalue weighted by atomic mass is 10.2. The Morgan fingerprint density at radius 2 is 1.59 bits per heavy atom. The number of anilines is 1. The van der Waals surface area contributed by atoms with Crippen LogP contribution in [0.5, 0.6) is 5.75 Å². The molecule has 6 nitrogen and oxygen atoms in total. The quantitative estimate of drug-likeness (QED) is 0.842. The molecule has 0 saturated carbocycles. The lowest BCUT2D eigenvalue weighted by molar-refractivity contribution is 0.486. The molecule has 0 heterocycles. The molecular weight excluding hydrogens is 326 g/mol. The molecule has 0 atom stereocenters. The number of hydrogen-bond donors (Lipinski definition) is 1. The number of aryl methyl sites for hydroxylation is 1. The zero-order valence-corrected chi connectivity index (χ0v) is 13.6. The SMILES string of the molecule is Cc1cccc(OS(=O)(=O)c2ccc(NS(C)(=O)=O)cc2)c1. The number of rotatable bonds is 5. The molecule has 0 aliphatic carbocycles. The van der Waals surface area contributed by atoms with Gasteiger partial charge in [0.25, 0.3) is 0 Å². The van der Waals surface area contributed by atoms with Gasteiger partial charge in [0, 0.05) is 5.69 Å². The van der Waals surface area contributed by atoms with Gasteiger partial charge < -0.3 is 4.18 Å². The van der Waals surface area contributed by atoms with Crippen LogP contribution >= 0.6 is 0 Å². The van der Waals surface area contributed by atoms with E-state index in [1.165, 1.54) is 24.3 Å². The second kappa shape index (κ2) is 5.98. The van der Waals surface area contributed by atoms with Crippen LogP contribution in [0.1, 0.15) is 5.56 Å². The highest BCUT2D eigenvalue weighted by atomic mass is 32.2. The highest BCUT2D eigenvalue weighted by Gasteiger charge is 2.16. The van der Waals surface area contributed by atoms with Crippen molar-refractivity contribution in [2.45, 2.75) is 11.8 Å². The summed E-state index contributed by atoms with van der Waals surface area (Å²) in [6.45, 7) is 1.82. The molecule has 0 aliphatic rings. The van der Waals surface area contributed by atoms with Crippen molar-refractivity contribution in [1.29, 1.82) is 0 Å². The Morgan fingerprint density at radius 1 is 0.955 bits per heavy atom. The highest BCUT2D eigenvalue weighted by Crippen LogP contribution is 2.21. The molecule has 0 spiro atoms. The first-order valence-electron chi connectivity index (χ1n) is 6.25. The molecule has 2 aromatic carbocycles. The van der Waals surface area contributed by atoms with Crippen LogP contribution in [0.3, 0.4) is 0 Å². The van der Waals surface area contributed by atoms with Crippen LogP contribution in [-0.4, -0.2) is 23.1 Å². The van der Waals surface area contributed by atoms with Crippen LogP contribution in [0, 0.1) is 6.92 Å². The first-order chi connectivity index (χ1) is 10.2. The summed E-state index contributed by atoms with van der Waals surface area (Å²) in [5.41, 5.74) is 1.15. The molecule has 0 bridgehead atoms. The van der Waals surface area contributed by atoms with Crippen molar-refractivity contribution in [3.63, 3.8) is 0 Å². The molecule has 22 heavy (non-hydrogen) atoms. The van der Waals surface area contributed by atoms with Gasteiger partial charge in [-0.05, 0) is 48.9 Å². The Morgan fingerprint density at radius 3 is 2.14 bits per heavy atom. The van der Waals surface area contributed by atoms with Gasteiger partial charge in [0.15, 0.2) is 0 Å². The minimum absolute atomic E-state index is 0.0620. The largest absolute Gasteiger partial charge is 0.379 e. The topological polar surface area (TPSA) is 89.5 Å². The van der Waals surface area contributed by atoms with Gasteiger partial charge in [-0.1, -0.05) is 12.1 Å². The summed E-state index contributed by atoms with van der Waals surface area (Å²) >= 11 is 0. The molecule has 2 rings (SSSR count). The van der Waals surface area contributed by atoms with Crippen molar-refractivity contribution in [2.75, 3.05) is 11.0 Å². The van der Waals surface area contributed by atoms with E-state index < -0.39 is 20.1 Å². The Balaban J connectivity index is 2.23. The zero-order chi connectivity index (χ0) is 16.4. The van der Waals surface area contributed by atoms with Crippen molar-refractivity contribution in [1.82, 2.24) is 0 Å². The van der Waals surface area contributed by atoms with Gasteiger partial charge in [0.2, 0.25) is 10.0 Å². The van der Waals surface area contributed by atoms with Crippen molar-refractivity contribution in [3.05, 3.63) is 54.1 Å². The first-order valence-corrected chi connectivity index (χ1v) is 9.55. The molecule has 0 aliphatic heterocycles. The fraction of sp³-hybridized carbons (Fsp3) is 0.143. The van der Waals surface area contributed by atoms with Gasteiger partial charge in [-0.15, -0.1) is 0 Å². The minimum Gasteiger partial charge on any atom is -0.379 e. The average Bonchev–Trinajstić information content (AvgIpc) is 2.36. The van der Waals surface area contributed by atoms with Crippen LogP contribution in [0.15, 0.2) is 53.4 Å². The summed E-state index contributed by atoms with van der Waals surface area (Å²) in [5, 5.41) is 0. The van der Waals surface area contributed by atoms with Crippen LogP contribution in [0.2, 0.25) is 0 Å². The average molecular weight is 341 g/mol. The van der Waals surface area contributed by atoms with Gasteiger partial charge in [-0.2, -0.15) is 8.42 Å². The van der Waals surface area contributed by atoms with Crippen LogP contribution in [-0.2, 0) is 20.1 Å². The summed E-state index contributed by atoms with van der Waals surface area (Å²) in [7, 11) is -7.38. The van der Waals surface area contributed by atoms with Gasteiger partial charge in [0.1, 0.15) is 10.6 Å². The maximum atomic E-state index is 12.1. The van der Waals surface area contributed by atoms with Crippen LogP contribution < -0.4 is 8.91 Å². The van der Waals surface area contributed by atoms with Gasteiger partial charge in [0.05, 0.1) is 6.26 Å². The molecule has 0 aromatic heterocycles. The van der Waals surface area contributed by atoms with E-state index in [0.717, 1.165) is 11.8 Å². The molecular formula is C14H15NO5S2. The van der Waals surface area contributed by atoms with Crippen molar-refractivity contribution >= 4 is 25.8 Å². The molecule has 2 aromatic rings. The summed E-state index contributed by atoms with van der Waals surface area (Å²) in [6, 6.07) is 11.9. The highest BCUT2D eigenvalue weighted by molar-refractivity contribution is 7.92. The Hall–Kier alpha value is -2.06. The normalized spacial score (nSPS) is 11.9. The molecule has 118 valence electrons. The number of nitrogens with one attached hydrogen (secondary N) is 1. The zero-order valence-electron chi connectivity index (χ0n) is 12.0. The third kappa shape index (κ3) is 4.47. The lowest BCUT2D eigenvalue weighted by Gasteiger charge is -2.08. The fourth-order valence-corrected chi connectivity index (χ4v) is 3.23. The van der Waals surface area contributed by atoms with Crippen molar-refractivity contribution in [3.8, 4) is 5.75 Å². The van der Waals surface area contributed by atoms with Crippen molar-refractivity contribution < 1.29 is 21.0 Å². The third-order valence-electron chi connectivity index (χ3n) is 2.64. The van der Waals surface area contributed by atoms with Gasteiger partial charge in [-0.3, -0.25) is 4.72 Å². The predicted octanol–water partition coefficient (Wildman–Crippen LogP) is 2.13. The lowest BCUT2D eigenvalue weighted by Crippen LogP contribution is -2.11. The molecule has 0 radical (unpaired) electrons. The van der Waals surface area contributed by atoms with E-state index in [0.29, 0.717) is 0 Å². The smallest absolute Gasteiger partial charge is 0.339 e. The summed E-state index contributed by atoms with van der Waals surface area (Å²) < 4.78 is 53.8. The van der Waals surface area contributed by atoms with E-state index in [1.807, 2.05) is 13.0 Å². The second-order valence-electron chi connectivity index (χ2n) is 4.75. The third-order valence-corrected chi connectivity index (χ3v) is 4.51. The molecule has 0 fully saturated rings. The molecule has 0 unspecified atom stereocenters. The first kappa shape index (κ1) is 16.3. The molecule has 8 heteroatoms. The number of benzene rings is 2. The van der Waals surface area contributed by atoms with Crippen molar-refractivity contribution in [2.24, 2.45) is 0 Å². The summed E-state index contributed by atoms with van der Waals surface area (Å²) in [5.74, 6) is 0.221. The summed E-state index contributed by atoms with van der Waals surface area (Å²) in [4.78, 5) is -0.0620. The standard InChI is InChI=1S/C14H15NO5S2/c1-11-4-3-5-13(10-11)20-22(18,19)14-8-6-12(7-9-14)15-21(2,16)17/h3-10,15H,1-2H3. The van der Waals surface area contributed by atoms with E-state index in [9.17, 15) is 16.8 Å². The monoisotopic (exact) mass is 341 g/mol. The van der Waals surface area contributed by atoms with E-state index in [-0.39, 0.29) is 16.3 Å². The number of hydrogen-bond acceptors (Lipinski definition) is 5. The number of sulfonamides is 1. The van der Waals surface area contributed by atoms with Gasteiger partial charge in [-0.25, -0.2) is 8.42 Å². The van der Waals surface area contributed by atoms with Crippen LogP contribution in [0.25, 0.3) is 0 Å². The van der Waals surface area contributed by atoms with E-state index >= 15 is 0 Å². The molecule has 0 saturated heterocycles. The van der Waals surface area contributed by atoms with E-state index in [4.69, 9.17) is 4.18 Å². The Labute approximate surface area is 129 Å². The molecule has 1 N–H and O–H groups in total. The fourth-order valence-electron chi connectivity index (χ4n) is 1.75. The maximum absolute atomic E-state index is 12.1. The van der Waals surface area contributed by atoms with E-state index in [2.05, 4.69) is 4.72 Å². The predicted molar refractivity (Wildman–Crippen MR) is 83.9 cm³/mol. The minimum atomic E-state index is -3.97. The second-order valence-corrected chi connectivity index (χ2v) is 8.05. The Kier molecular flexibility index (Phi) is 4.43. The molecule has 0 amide bonds. The van der Waals surface area contributed by atoms with Crippen LogP contribution in [0.4, 0.5) is 5.69 Å². The van der Waals surface area contributed by atoms with E-state index in [1.54, 1.807) is 18.2 Å². The summed E-state index contributed by atoms with van der Waals surface area (Å²) in [6.07, 6.45) is 1.01. The Bertz CT molecular complexity index is 872. The van der Waals surface area contributed by atoms with Gasteiger partial charge >= 0.3 is 10.1 Å². The maximum Gasteiger partial charge on any atom is 0.339 e.